The van der Waals surface area contributed by atoms with Gasteiger partial charge in [-0.1, -0.05) is 40.8 Å². The maximum absolute atomic E-state index is 13.5. The number of amides is 4. The predicted molar refractivity (Wildman–Crippen MR) is 338 cm³/mol. The van der Waals surface area contributed by atoms with Crippen molar-refractivity contribution < 1.29 is 49.1 Å². The van der Waals surface area contributed by atoms with Crippen molar-refractivity contribution in [3.05, 3.63) is 98.8 Å². The normalized spacial score (nSPS) is 20.9. The number of nitrogens with one attached hydrogen (secondary N) is 2. The maximum Gasteiger partial charge on any atom is 0.372 e. The number of ether oxygens (including phenoxy) is 2. The molecule has 0 bridgehead atoms. The Morgan fingerprint density at radius 2 is 1.21 bits per heavy atom. The molecule has 23 heteroatoms. The van der Waals surface area contributed by atoms with Crippen LogP contribution < -0.4 is 31.6 Å². The van der Waals surface area contributed by atoms with E-state index < -0.39 is 42.5 Å². The van der Waals surface area contributed by atoms with Crippen LogP contribution in [0.5, 0.6) is 11.8 Å². The maximum atomic E-state index is 13.5. The number of benzene rings is 2. The lowest BCUT2D eigenvalue weighted by Gasteiger charge is -2.38. The first-order valence-corrected chi connectivity index (χ1v) is 31.0. The van der Waals surface area contributed by atoms with Crippen molar-refractivity contribution in [2.75, 3.05) is 66.0 Å². The second-order valence-electron chi connectivity index (χ2n) is 23.2. The SMILES string of the molecule is C.C.COc1ncc(CC(=O)C(=O)O)cc1C(N)=O.COc1ncc(NC(=O)C(=O)N2C[C@@H](C)CC[C@@H]2c2ccc3sc(C4CCN(C5CC5)CC4)nc3c2)cc1C(N)=O.C[C@H]1CC[C@H](c2ccc3sc(C4CCN(C5CC5)CC4)nc3c2)NC1.[2H]CF. The zero-order valence-corrected chi connectivity index (χ0v) is 50.4. The highest BCUT2D eigenvalue weighted by molar-refractivity contribution is 7.19. The van der Waals surface area contributed by atoms with E-state index >= 15 is 0 Å². The van der Waals surface area contributed by atoms with Crippen LogP contribution in [0.1, 0.15) is 178 Å². The van der Waals surface area contributed by atoms with Crippen LogP contribution in [-0.2, 0) is 25.6 Å². The Hall–Kier alpha value is -7.05. The van der Waals surface area contributed by atoms with Crippen molar-refractivity contribution in [2.45, 2.75) is 148 Å². The second kappa shape index (κ2) is 30.7. The van der Waals surface area contributed by atoms with Gasteiger partial charge in [0, 0.05) is 49.1 Å². The van der Waals surface area contributed by atoms with Crippen LogP contribution in [0.3, 0.4) is 0 Å². The molecule has 4 aromatic heterocycles. The molecular weight excluding hydrogens is 1150 g/mol. The van der Waals surface area contributed by atoms with Gasteiger partial charge in [-0.2, -0.15) is 0 Å². The average molecular weight is 1240 g/mol. The average Bonchev–Trinajstić information content (AvgIpc) is 2.24. The molecule has 8 heterocycles. The van der Waals surface area contributed by atoms with E-state index in [2.05, 4.69) is 80.6 Å². The zero-order valence-electron chi connectivity index (χ0n) is 49.7. The number of anilines is 1. The minimum atomic E-state index is -1.54. The first kappa shape index (κ1) is 65.9. The van der Waals surface area contributed by atoms with Gasteiger partial charge in [0.15, 0.2) is 0 Å². The van der Waals surface area contributed by atoms with Gasteiger partial charge in [0.2, 0.25) is 17.5 Å². The van der Waals surface area contributed by atoms with E-state index in [-0.39, 0.29) is 67.4 Å². The molecule has 12 rings (SSSR count). The van der Waals surface area contributed by atoms with Gasteiger partial charge in [0.25, 0.3) is 11.8 Å². The number of pyridine rings is 2. The third kappa shape index (κ3) is 17.0. The number of thiazole rings is 2. The lowest BCUT2D eigenvalue weighted by molar-refractivity contribution is -0.148. The molecule has 87 heavy (non-hydrogen) atoms. The predicted octanol–water partition coefficient (Wildman–Crippen LogP) is 10.0. The molecule has 6 fully saturated rings. The van der Waals surface area contributed by atoms with E-state index in [9.17, 15) is 33.2 Å². The van der Waals surface area contributed by atoms with Crippen molar-refractivity contribution in [1.29, 1.82) is 0 Å². The number of carboxylic acids is 1. The summed E-state index contributed by atoms with van der Waals surface area (Å²) in [4.78, 5) is 95.6. The highest BCUT2D eigenvalue weighted by Crippen LogP contribution is 2.41. The lowest BCUT2D eigenvalue weighted by Crippen LogP contribution is -2.46. The van der Waals surface area contributed by atoms with Gasteiger partial charge in [0.1, 0.15) is 11.1 Å². The fourth-order valence-electron chi connectivity index (χ4n) is 12.0. The van der Waals surface area contributed by atoms with Gasteiger partial charge in [-0.3, -0.25) is 28.4 Å². The van der Waals surface area contributed by atoms with Crippen LogP contribution >= 0.6 is 22.7 Å². The number of ketones is 1. The van der Waals surface area contributed by atoms with Crippen LogP contribution in [0.25, 0.3) is 20.4 Å². The number of alkyl halides is 1. The summed E-state index contributed by atoms with van der Waals surface area (Å²) >= 11 is 3.72. The highest BCUT2D eigenvalue weighted by atomic mass is 32.1. The molecule has 4 amide bonds. The van der Waals surface area contributed by atoms with Gasteiger partial charge in [-0.25, -0.2) is 24.7 Å². The molecule has 4 atom stereocenters. The van der Waals surface area contributed by atoms with Crippen molar-refractivity contribution in [2.24, 2.45) is 23.3 Å². The molecule has 0 radical (unpaired) electrons. The molecular formula is C64H86FN11O9S2. The van der Waals surface area contributed by atoms with Crippen molar-refractivity contribution in [3.63, 3.8) is 0 Å². The minimum Gasteiger partial charge on any atom is -0.480 e. The smallest absolute Gasteiger partial charge is 0.372 e. The number of rotatable bonds is 14. The molecule has 2 aromatic carbocycles. The summed E-state index contributed by atoms with van der Waals surface area (Å²) < 4.78 is 27.9. The number of nitrogens with zero attached hydrogens (tertiary/aromatic N) is 7. The summed E-state index contributed by atoms with van der Waals surface area (Å²) in [6, 6.07) is 18.0. The van der Waals surface area contributed by atoms with Crippen molar-refractivity contribution in [1.82, 2.24) is 40.0 Å². The molecule has 4 saturated heterocycles. The van der Waals surface area contributed by atoms with E-state index in [0.29, 0.717) is 24.4 Å². The Morgan fingerprint density at radius 3 is 1.70 bits per heavy atom. The van der Waals surface area contributed by atoms with Crippen LogP contribution in [-0.4, -0.2) is 148 Å². The first-order valence-electron chi connectivity index (χ1n) is 30.1. The summed E-state index contributed by atoms with van der Waals surface area (Å²) in [7, 11) is 1.69. The number of hydrogen-bond acceptors (Lipinski definition) is 17. The zero-order chi connectivity index (χ0) is 61.2. The summed E-state index contributed by atoms with van der Waals surface area (Å²) in [6.45, 7) is 10.9. The van der Waals surface area contributed by atoms with E-state index in [1.54, 1.807) is 16.2 Å². The molecule has 2 saturated carbocycles. The Balaban J connectivity index is 0.000000200. The number of aliphatic carboxylic acids is 1. The van der Waals surface area contributed by atoms with Crippen LogP contribution in [0.2, 0.25) is 0 Å². The highest BCUT2D eigenvalue weighted by Gasteiger charge is 2.37. The number of carboxylic acid groups (broad SMARTS) is 1. The number of fused-ring (bicyclic) bond motifs is 2. The fourth-order valence-corrected chi connectivity index (χ4v) is 14.2. The molecule has 470 valence electrons. The lowest BCUT2D eigenvalue weighted by atomic mass is 9.89. The number of carbonyl (C=O) groups excluding carboxylic acids is 5. The van der Waals surface area contributed by atoms with Gasteiger partial charge < -0.3 is 51.4 Å². The number of likely N-dealkylation sites (tertiary alicyclic amines) is 3. The molecule has 6 aliphatic rings. The third-order valence-corrected chi connectivity index (χ3v) is 19.4. The number of piperidine rings is 4. The number of nitrogens with two attached hydrogens (primary N) is 2. The Labute approximate surface area is 518 Å². The number of aromatic nitrogens is 4. The Kier molecular flexibility index (Phi) is 23.3. The van der Waals surface area contributed by atoms with Crippen LogP contribution in [0.4, 0.5) is 10.1 Å². The molecule has 0 unspecified atom stereocenters. The summed E-state index contributed by atoms with van der Waals surface area (Å²) in [5.74, 6) is -3.11. The van der Waals surface area contributed by atoms with Gasteiger partial charge in [-0.15, -0.1) is 22.7 Å². The molecule has 7 N–H and O–H groups in total. The van der Waals surface area contributed by atoms with Crippen molar-refractivity contribution >= 4 is 84.2 Å². The van der Waals surface area contributed by atoms with E-state index in [0.717, 1.165) is 79.1 Å². The van der Waals surface area contributed by atoms with Crippen LogP contribution in [0.15, 0.2) is 60.9 Å². The topological polar surface area (TPSA) is 278 Å². The molecule has 6 aromatic rings. The van der Waals surface area contributed by atoms with Gasteiger partial charge in [0.05, 0.1) is 71.1 Å². The van der Waals surface area contributed by atoms with E-state index in [1.807, 2.05) is 11.3 Å². The number of carbonyl (C=O) groups is 6. The van der Waals surface area contributed by atoms with E-state index in [1.165, 1.54) is 129 Å². The summed E-state index contributed by atoms with van der Waals surface area (Å²) in [5.41, 5.74) is 15.6. The molecule has 4 aliphatic heterocycles. The van der Waals surface area contributed by atoms with Crippen molar-refractivity contribution in [3.8, 4) is 11.8 Å². The standard InChI is InChI=1S/C30H36N6O4S.C21H29N3S.C10H10N2O5.CH3F.2CH4/c1-17-3-7-24(36(16-17)30(39)27(38)33-20-14-22(26(31)37)28(40-2)32-15-20)19-4-8-25-23(13-19)34-29(41-25)18-9-11-35(12-10-18)21-5-6-21;1-14-2-6-18(22-13-14)16-3-7-20-19(12-16)23-21(25-20)15-8-10-24(11-9-15)17-4-5-17;1-17-9-6(8(11)14)2-5(4-12-9)3-7(13)10(15)16;1-2;;/h4,8,13-15,17-18,21,24H,3,5-7,9-12,16H2,1-2H3,(H2,31,37)(H,33,38);3,7,12,14-15,17-18,22H,2,4-6,8-11,13H2,1H3;2,4H,3H2,1H3,(H2,11,14)(H,15,16);1H3;2*1H4/t17-,24+;14-,18+;;;;/m00..../s1/i;;;1D;;. The molecule has 20 nitrogen and oxygen atoms in total. The monoisotopic (exact) mass is 1240 g/mol. The minimum absolute atomic E-state index is 0. The third-order valence-electron chi connectivity index (χ3n) is 17.0. The van der Waals surface area contributed by atoms with Gasteiger partial charge >= 0.3 is 17.8 Å². The van der Waals surface area contributed by atoms with E-state index in [4.69, 9.17) is 37.4 Å². The molecule has 2 aliphatic carbocycles. The second-order valence-corrected chi connectivity index (χ2v) is 25.3. The number of Topliss-reactive ketones (excluding diaryl/α,β-unsaturated/α-hetero) is 1. The Morgan fingerprint density at radius 1 is 0.701 bits per heavy atom. The molecule has 0 spiro atoms. The first-order chi connectivity index (χ1) is 41.4. The van der Waals surface area contributed by atoms with Crippen LogP contribution in [0, 0.1) is 11.8 Å². The largest absolute Gasteiger partial charge is 0.480 e. The van der Waals surface area contributed by atoms with Gasteiger partial charge in [-0.05, 0) is 175 Å². The number of halogens is 1. The Bertz CT molecular complexity index is 3390. The number of methoxy groups -OCH3 is 2. The number of hydrogen-bond donors (Lipinski definition) is 5. The fraction of sp³-hybridized carbons (Fsp3) is 0.531. The number of primary amides is 2. The quantitative estimate of drug-likeness (QED) is 0.0634. The summed E-state index contributed by atoms with van der Waals surface area (Å²) in [6.07, 6.45) is 17.0. The summed E-state index contributed by atoms with van der Waals surface area (Å²) in [5, 5.41) is 17.3.